The maximum absolute atomic E-state index is 11.0. The molecule has 1 heterocycles. The molecule has 1 saturated heterocycles. The molecule has 15 heavy (non-hydrogen) atoms. The molecule has 4 N–H and O–H groups in total. The van der Waals surface area contributed by atoms with Gasteiger partial charge in [-0.1, -0.05) is 0 Å². The van der Waals surface area contributed by atoms with E-state index in [9.17, 15) is 4.79 Å². The van der Waals surface area contributed by atoms with Gasteiger partial charge in [0, 0.05) is 24.3 Å². The molecule has 2 rings (SSSR count). The molecule has 80 valence electrons. The van der Waals surface area contributed by atoms with E-state index < -0.39 is 0 Å². The summed E-state index contributed by atoms with van der Waals surface area (Å²) in [6.07, 6.45) is 0. The zero-order valence-corrected chi connectivity index (χ0v) is 8.71. The van der Waals surface area contributed by atoms with Crippen molar-refractivity contribution in [3.8, 4) is 0 Å². The first kappa shape index (κ1) is 9.98. The standard InChI is InChI=1S/C11H15N3O/c1-7-4-8(14-9-5-13-6-9)2-3-10(7)11(12)15/h2-4,9,13-14H,5-6H2,1H3,(H2,12,15). The molecule has 0 atom stereocenters. The third kappa shape index (κ3) is 2.10. The van der Waals surface area contributed by atoms with Gasteiger partial charge in [0.1, 0.15) is 0 Å². The van der Waals surface area contributed by atoms with E-state index in [2.05, 4.69) is 10.6 Å². The van der Waals surface area contributed by atoms with Crippen LogP contribution in [-0.2, 0) is 0 Å². The van der Waals surface area contributed by atoms with Crippen molar-refractivity contribution in [1.29, 1.82) is 0 Å². The average Bonchev–Trinajstić information content (AvgIpc) is 2.11. The third-order valence-electron chi connectivity index (χ3n) is 2.64. The molecule has 0 aliphatic carbocycles. The summed E-state index contributed by atoms with van der Waals surface area (Å²) in [7, 11) is 0. The van der Waals surface area contributed by atoms with E-state index in [0.29, 0.717) is 11.6 Å². The number of hydrogen-bond acceptors (Lipinski definition) is 3. The molecule has 1 aliphatic rings. The average molecular weight is 205 g/mol. The second-order valence-electron chi connectivity index (χ2n) is 3.89. The Morgan fingerprint density at radius 1 is 1.53 bits per heavy atom. The fourth-order valence-electron chi connectivity index (χ4n) is 1.66. The van der Waals surface area contributed by atoms with Crippen LogP contribution >= 0.6 is 0 Å². The predicted molar refractivity (Wildman–Crippen MR) is 60.0 cm³/mol. The summed E-state index contributed by atoms with van der Waals surface area (Å²) in [6.45, 7) is 3.89. The minimum absolute atomic E-state index is 0.371. The topological polar surface area (TPSA) is 67.2 Å². The van der Waals surface area contributed by atoms with E-state index >= 15 is 0 Å². The molecule has 1 aromatic rings. The molecule has 1 amide bonds. The van der Waals surface area contributed by atoms with Gasteiger partial charge in [0.2, 0.25) is 5.91 Å². The smallest absolute Gasteiger partial charge is 0.248 e. The number of anilines is 1. The van der Waals surface area contributed by atoms with Gasteiger partial charge in [-0.25, -0.2) is 0 Å². The van der Waals surface area contributed by atoms with Crippen molar-refractivity contribution in [1.82, 2.24) is 5.32 Å². The Labute approximate surface area is 88.9 Å². The number of nitrogens with one attached hydrogen (secondary N) is 2. The van der Waals surface area contributed by atoms with Crippen molar-refractivity contribution in [2.24, 2.45) is 5.73 Å². The minimum Gasteiger partial charge on any atom is -0.380 e. The molecular weight excluding hydrogens is 190 g/mol. The lowest BCUT2D eigenvalue weighted by Crippen LogP contribution is -2.51. The molecule has 0 saturated carbocycles. The van der Waals surface area contributed by atoms with Crippen molar-refractivity contribution in [2.75, 3.05) is 18.4 Å². The summed E-state index contributed by atoms with van der Waals surface area (Å²) < 4.78 is 0. The first-order valence-corrected chi connectivity index (χ1v) is 5.04. The van der Waals surface area contributed by atoms with Crippen LogP contribution in [0.2, 0.25) is 0 Å². The predicted octanol–water partition coefficient (Wildman–Crippen LogP) is 0.478. The summed E-state index contributed by atoms with van der Waals surface area (Å²) in [5.41, 5.74) is 7.79. The third-order valence-corrected chi connectivity index (χ3v) is 2.64. The fourth-order valence-corrected chi connectivity index (χ4v) is 1.66. The van der Waals surface area contributed by atoms with E-state index in [-0.39, 0.29) is 5.91 Å². The number of primary amides is 1. The zero-order chi connectivity index (χ0) is 10.8. The maximum Gasteiger partial charge on any atom is 0.248 e. The highest BCUT2D eigenvalue weighted by Crippen LogP contribution is 2.16. The molecule has 0 aromatic heterocycles. The zero-order valence-electron chi connectivity index (χ0n) is 8.71. The molecule has 4 heteroatoms. The first-order chi connectivity index (χ1) is 7.16. The number of hydrogen-bond donors (Lipinski definition) is 3. The molecule has 0 radical (unpaired) electrons. The minimum atomic E-state index is -0.371. The van der Waals surface area contributed by atoms with E-state index in [1.165, 1.54) is 0 Å². The number of carbonyl (C=O) groups excluding carboxylic acids is 1. The maximum atomic E-state index is 11.0. The van der Waals surface area contributed by atoms with Gasteiger partial charge in [0.05, 0.1) is 6.04 Å². The van der Waals surface area contributed by atoms with Crippen LogP contribution in [0.3, 0.4) is 0 Å². The first-order valence-electron chi connectivity index (χ1n) is 5.04. The molecule has 4 nitrogen and oxygen atoms in total. The summed E-state index contributed by atoms with van der Waals surface area (Å²) in [5, 5.41) is 6.56. The van der Waals surface area contributed by atoms with E-state index in [1.807, 2.05) is 19.1 Å². The molecule has 0 bridgehead atoms. The number of amides is 1. The SMILES string of the molecule is Cc1cc(NC2CNC2)ccc1C(N)=O. The normalized spacial score (nSPS) is 15.8. The van der Waals surface area contributed by atoms with E-state index in [4.69, 9.17) is 5.73 Å². The van der Waals surface area contributed by atoms with Gasteiger partial charge in [-0.2, -0.15) is 0 Å². The van der Waals surface area contributed by atoms with Crippen molar-refractivity contribution in [2.45, 2.75) is 13.0 Å². The fraction of sp³-hybridized carbons (Fsp3) is 0.364. The van der Waals surface area contributed by atoms with Crippen molar-refractivity contribution >= 4 is 11.6 Å². The number of nitrogens with two attached hydrogens (primary N) is 1. The molecular formula is C11H15N3O. The molecule has 1 aromatic carbocycles. The van der Waals surface area contributed by atoms with Crippen LogP contribution in [0.15, 0.2) is 18.2 Å². The quantitative estimate of drug-likeness (QED) is 0.672. The van der Waals surface area contributed by atoms with Gasteiger partial charge in [-0.05, 0) is 30.7 Å². The van der Waals surface area contributed by atoms with Crippen LogP contribution in [0.5, 0.6) is 0 Å². The summed E-state index contributed by atoms with van der Waals surface area (Å²) in [6, 6.07) is 6.12. The second kappa shape index (κ2) is 3.90. The van der Waals surface area contributed by atoms with Gasteiger partial charge in [-0.15, -0.1) is 0 Å². The van der Waals surface area contributed by atoms with Crippen LogP contribution < -0.4 is 16.4 Å². The monoisotopic (exact) mass is 205 g/mol. The highest BCUT2D eigenvalue weighted by molar-refractivity contribution is 5.94. The second-order valence-corrected chi connectivity index (χ2v) is 3.89. The van der Waals surface area contributed by atoms with Crippen molar-refractivity contribution < 1.29 is 4.79 Å². The van der Waals surface area contributed by atoms with Crippen LogP contribution in [0.4, 0.5) is 5.69 Å². The van der Waals surface area contributed by atoms with Gasteiger partial charge >= 0.3 is 0 Å². The summed E-state index contributed by atoms with van der Waals surface area (Å²) >= 11 is 0. The van der Waals surface area contributed by atoms with Crippen molar-refractivity contribution in [3.05, 3.63) is 29.3 Å². The number of benzene rings is 1. The summed E-state index contributed by atoms with van der Waals surface area (Å²) in [4.78, 5) is 11.0. The Balaban J connectivity index is 2.13. The lowest BCUT2D eigenvalue weighted by Gasteiger charge is -2.29. The highest BCUT2D eigenvalue weighted by Gasteiger charge is 2.16. The van der Waals surface area contributed by atoms with Crippen LogP contribution in [-0.4, -0.2) is 25.0 Å². The van der Waals surface area contributed by atoms with Crippen LogP contribution in [0.1, 0.15) is 15.9 Å². The van der Waals surface area contributed by atoms with E-state index in [0.717, 1.165) is 24.3 Å². The van der Waals surface area contributed by atoms with Crippen LogP contribution in [0.25, 0.3) is 0 Å². The lowest BCUT2D eigenvalue weighted by atomic mass is 10.1. The van der Waals surface area contributed by atoms with Gasteiger partial charge in [0.25, 0.3) is 0 Å². The van der Waals surface area contributed by atoms with Gasteiger partial charge in [0.15, 0.2) is 0 Å². The Bertz CT molecular complexity index is 385. The van der Waals surface area contributed by atoms with Gasteiger partial charge < -0.3 is 16.4 Å². The molecule has 0 spiro atoms. The molecule has 1 aliphatic heterocycles. The number of carbonyl (C=O) groups is 1. The van der Waals surface area contributed by atoms with Crippen molar-refractivity contribution in [3.63, 3.8) is 0 Å². The lowest BCUT2D eigenvalue weighted by molar-refractivity contribution is 0.1000. The summed E-state index contributed by atoms with van der Waals surface area (Å²) in [5.74, 6) is -0.371. The Morgan fingerprint density at radius 3 is 2.73 bits per heavy atom. The van der Waals surface area contributed by atoms with Crippen LogP contribution in [0, 0.1) is 6.92 Å². The number of aryl methyl sites for hydroxylation is 1. The largest absolute Gasteiger partial charge is 0.380 e. The molecule has 1 fully saturated rings. The Kier molecular flexibility index (Phi) is 2.60. The van der Waals surface area contributed by atoms with Gasteiger partial charge in [-0.3, -0.25) is 4.79 Å². The highest BCUT2D eigenvalue weighted by atomic mass is 16.1. The molecule has 0 unspecified atom stereocenters. The Hall–Kier alpha value is -1.55. The van der Waals surface area contributed by atoms with E-state index in [1.54, 1.807) is 6.07 Å². The number of rotatable bonds is 3. The Morgan fingerprint density at radius 2 is 2.27 bits per heavy atom.